The molecule has 166 valence electrons. The number of carbonyl (C=O) groups excluding carboxylic acids is 1. The van der Waals surface area contributed by atoms with Gasteiger partial charge in [0.15, 0.2) is 0 Å². The minimum atomic E-state index is -0.0850. The molecule has 0 fully saturated rings. The highest BCUT2D eigenvalue weighted by atomic mass is 16.5. The molecule has 5 rings (SSSR count). The third-order valence-electron chi connectivity index (χ3n) is 5.79. The molecule has 0 saturated carbocycles. The maximum Gasteiger partial charge on any atom is 0.260 e. The summed E-state index contributed by atoms with van der Waals surface area (Å²) in [5.74, 6) is 1.87. The number of pyridine rings is 1. The highest BCUT2D eigenvalue weighted by Gasteiger charge is 2.24. The van der Waals surface area contributed by atoms with E-state index in [1.54, 1.807) is 38.6 Å². The molecule has 1 amide bonds. The fraction of sp³-hybridized carbons (Fsp3) is 0.154. The number of hydrogen-bond acceptors (Lipinski definition) is 5. The van der Waals surface area contributed by atoms with E-state index in [0.717, 1.165) is 29.2 Å². The number of carbonyl (C=O) groups is 1. The normalized spacial score (nSPS) is 12.4. The van der Waals surface area contributed by atoms with Crippen LogP contribution >= 0.6 is 0 Å². The Labute approximate surface area is 192 Å². The van der Waals surface area contributed by atoms with E-state index in [1.807, 2.05) is 41.3 Å². The van der Waals surface area contributed by atoms with Crippen molar-refractivity contribution < 1.29 is 14.3 Å². The Morgan fingerprint density at radius 1 is 0.970 bits per heavy atom. The predicted octanol–water partition coefficient (Wildman–Crippen LogP) is 4.85. The molecule has 7 nitrogen and oxygen atoms in total. The van der Waals surface area contributed by atoms with Crippen molar-refractivity contribution in [3.05, 3.63) is 95.9 Å². The van der Waals surface area contributed by atoms with Crippen molar-refractivity contribution in [3.63, 3.8) is 0 Å². The minimum Gasteiger partial charge on any atom is -0.497 e. The molecule has 0 bridgehead atoms. The van der Waals surface area contributed by atoms with Gasteiger partial charge in [0.1, 0.15) is 17.3 Å². The minimum absolute atomic E-state index is 0.0850. The number of anilines is 3. The van der Waals surface area contributed by atoms with Crippen LogP contribution in [0.1, 0.15) is 21.6 Å². The second kappa shape index (κ2) is 8.70. The molecule has 0 atom stereocenters. The Morgan fingerprint density at radius 3 is 2.64 bits per heavy atom. The van der Waals surface area contributed by atoms with Crippen LogP contribution in [-0.2, 0) is 13.1 Å². The zero-order valence-corrected chi connectivity index (χ0v) is 18.5. The summed E-state index contributed by atoms with van der Waals surface area (Å²) < 4.78 is 12.9. The second-order valence-electron chi connectivity index (χ2n) is 7.77. The van der Waals surface area contributed by atoms with E-state index in [-0.39, 0.29) is 5.91 Å². The number of para-hydroxylation sites is 1. The number of fused-ring (bicyclic) bond motifs is 2. The number of rotatable bonds is 5. The number of ether oxygens (including phenoxy) is 2. The first kappa shape index (κ1) is 20.6. The van der Waals surface area contributed by atoms with Crippen LogP contribution in [0.15, 0.2) is 79.1 Å². The van der Waals surface area contributed by atoms with E-state index in [0.29, 0.717) is 29.4 Å². The number of amides is 1. The van der Waals surface area contributed by atoms with E-state index < -0.39 is 0 Å². The summed E-state index contributed by atoms with van der Waals surface area (Å²) in [5.41, 5.74) is 4.41. The van der Waals surface area contributed by atoms with Crippen LogP contribution in [0.3, 0.4) is 0 Å². The highest BCUT2D eigenvalue weighted by molar-refractivity contribution is 6.06. The molecule has 0 spiro atoms. The maximum absolute atomic E-state index is 13.5. The Kier molecular flexibility index (Phi) is 5.44. The molecular weight excluding hydrogens is 416 g/mol. The third-order valence-corrected chi connectivity index (χ3v) is 5.79. The molecule has 7 heteroatoms. The maximum atomic E-state index is 13.5. The third kappa shape index (κ3) is 4.01. The van der Waals surface area contributed by atoms with E-state index in [9.17, 15) is 4.79 Å². The average molecular weight is 441 g/mol. The van der Waals surface area contributed by atoms with Crippen molar-refractivity contribution in [1.29, 1.82) is 0 Å². The molecule has 0 unspecified atom stereocenters. The van der Waals surface area contributed by atoms with Crippen molar-refractivity contribution in [2.75, 3.05) is 24.4 Å². The number of benzene rings is 2. The van der Waals surface area contributed by atoms with Gasteiger partial charge in [0.25, 0.3) is 5.91 Å². The number of nitrogens with zero attached hydrogens (tertiary/aromatic N) is 3. The monoisotopic (exact) mass is 440 g/mol. The van der Waals surface area contributed by atoms with Crippen LogP contribution in [0.25, 0.3) is 0 Å². The van der Waals surface area contributed by atoms with Gasteiger partial charge in [-0.25, -0.2) is 4.98 Å². The molecule has 0 radical (unpaired) electrons. The summed E-state index contributed by atoms with van der Waals surface area (Å²) in [4.78, 5) is 19.8. The Hall–Kier alpha value is -4.26. The second-order valence-corrected chi connectivity index (χ2v) is 7.77. The van der Waals surface area contributed by atoms with Crippen molar-refractivity contribution in [3.8, 4) is 11.5 Å². The first-order valence-corrected chi connectivity index (χ1v) is 10.6. The zero-order valence-electron chi connectivity index (χ0n) is 18.5. The quantitative estimate of drug-likeness (QED) is 0.480. The van der Waals surface area contributed by atoms with Gasteiger partial charge in [-0.3, -0.25) is 4.79 Å². The van der Waals surface area contributed by atoms with E-state index in [4.69, 9.17) is 9.47 Å². The largest absolute Gasteiger partial charge is 0.497 e. The molecule has 1 aliphatic heterocycles. The van der Waals surface area contributed by atoms with Gasteiger partial charge in [-0.05, 0) is 48.0 Å². The molecule has 0 saturated heterocycles. The summed E-state index contributed by atoms with van der Waals surface area (Å²) in [6.45, 7) is 1.25. The average Bonchev–Trinajstić information content (AvgIpc) is 3.23. The summed E-state index contributed by atoms with van der Waals surface area (Å²) in [6.07, 6.45) is 3.66. The van der Waals surface area contributed by atoms with Crippen LogP contribution in [0, 0.1) is 0 Å². The smallest absolute Gasteiger partial charge is 0.260 e. The lowest BCUT2D eigenvalue weighted by atomic mass is 10.1. The number of methoxy groups -OCH3 is 2. The molecule has 2 aromatic heterocycles. The number of nitrogens with one attached hydrogen (secondary N) is 1. The van der Waals surface area contributed by atoms with Gasteiger partial charge < -0.3 is 24.3 Å². The van der Waals surface area contributed by atoms with Gasteiger partial charge >= 0.3 is 0 Å². The lowest BCUT2D eigenvalue weighted by Gasteiger charge is -2.22. The first-order chi connectivity index (χ1) is 16.2. The Balaban J connectivity index is 1.40. The van der Waals surface area contributed by atoms with Gasteiger partial charge in [0.05, 0.1) is 32.0 Å². The van der Waals surface area contributed by atoms with Gasteiger partial charge in [-0.15, -0.1) is 0 Å². The van der Waals surface area contributed by atoms with E-state index in [2.05, 4.69) is 33.2 Å². The Morgan fingerprint density at radius 2 is 1.85 bits per heavy atom. The highest BCUT2D eigenvalue weighted by Crippen LogP contribution is 2.32. The zero-order chi connectivity index (χ0) is 22.8. The molecule has 4 aromatic rings. The van der Waals surface area contributed by atoms with Gasteiger partial charge in [0, 0.05) is 36.4 Å². The lowest BCUT2D eigenvalue weighted by molar-refractivity contribution is 0.0984. The topological polar surface area (TPSA) is 68.6 Å². The van der Waals surface area contributed by atoms with Crippen LogP contribution in [-0.4, -0.2) is 29.7 Å². The molecule has 0 aliphatic carbocycles. The molecule has 1 aliphatic rings. The fourth-order valence-corrected chi connectivity index (χ4v) is 4.06. The summed E-state index contributed by atoms with van der Waals surface area (Å²) >= 11 is 0. The van der Waals surface area contributed by atoms with Gasteiger partial charge in [0.2, 0.25) is 0 Å². The van der Waals surface area contributed by atoms with Crippen LogP contribution in [0.5, 0.6) is 11.5 Å². The van der Waals surface area contributed by atoms with Gasteiger partial charge in [-0.2, -0.15) is 0 Å². The van der Waals surface area contributed by atoms with E-state index in [1.165, 1.54) is 0 Å². The number of aromatic nitrogens is 2. The van der Waals surface area contributed by atoms with Crippen molar-refractivity contribution >= 4 is 23.1 Å². The van der Waals surface area contributed by atoms with Crippen LogP contribution in [0.2, 0.25) is 0 Å². The standard InChI is InChI=1S/C26H24N4O3/c1-32-21-10-11-22(24(14-21)33-2)28-25-12-9-18(15-27-25)26(31)30-17-20-7-5-13-29(20)16-19-6-3-4-8-23(19)30/h3-15H,16-17H2,1-2H3,(H,27,28). The SMILES string of the molecule is COc1ccc(Nc2ccc(C(=O)N3Cc4cccn4Cc4ccccc43)cn2)c(OC)c1. The molecular formula is C26H24N4O3. The summed E-state index contributed by atoms with van der Waals surface area (Å²) in [5, 5.41) is 3.24. The molecule has 1 N–H and O–H groups in total. The Bertz CT molecular complexity index is 1300. The van der Waals surface area contributed by atoms with Crippen molar-refractivity contribution in [2.45, 2.75) is 13.1 Å². The first-order valence-electron chi connectivity index (χ1n) is 10.6. The van der Waals surface area contributed by atoms with E-state index >= 15 is 0 Å². The van der Waals surface area contributed by atoms with Crippen molar-refractivity contribution in [2.24, 2.45) is 0 Å². The molecule has 3 heterocycles. The van der Waals surface area contributed by atoms with Crippen molar-refractivity contribution in [1.82, 2.24) is 9.55 Å². The van der Waals surface area contributed by atoms with Crippen LogP contribution < -0.4 is 19.7 Å². The van der Waals surface area contributed by atoms with Crippen LogP contribution in [0.4, 0.5) is 17.2 Å². The lowest BCUT2D eigenvalue weighted by Crippen LogP contribution is -2.30. The summed E-state index contributed by atoms with van der Waals surface area (Å²) in [7, 11) is 3.21. The summed E-state index contributed by atoms with van der Waals surface area (Å²) in [6, 6.07) is 21.2. The molecule has 2 aromatic carbocycles. The fourth-order valence-electron chi connectivity index (χ4n) is 4.06. The predicted molar refractivity (Wildman–Crippen MR) is 128 cm³/mol. The van der Waals surface area contributed by atoms with Gasteiger partial charge in [-0.1, -0.05) is 18.2 Å². The number of hydrogen-bond donors (Lipinski definition) is 1. The molecule has 33 heavy (non-hydrogen) atoms.